The molecule has 0 spiro atoms. The fourth-order valence-corrected chi connectivity index (χ4v) is 3.21. The van der Waals surface area contributed by atoms with Gasteiger partial charge in [0.15, 0.2) is 0 Å². The van der Waals surface area contributed by atoms with E-state index in [0.717, 1.165) is 39.1 Å². The Morgan fingerprint density at radius 1 is 0.840 bits per heavy atom. The van der Waals surface area contributed by atoms with Crippen molar-refractivity contribution in [2.75, 3.05) is 0 Å². The van der Waals surface area contributed by atoms with Crippen LogP contribution in [0.5, 0.6) is 0 Å². The molecule has 0 radical (unpaired) electrons. The Balaban J connectivity index is 2.20. The molecule has 4 rings (SSSR count). The molecule has 4 heteroatoms. The van der Waals surface area contributed by atoms with E-state index in [4.69, 9.17) is 15.0 Å². The Bertz CT molecular complexity index is 1110. The summed E-state index contributed by atoms with van der Waals surface area (Å²) in [5.74, 6) is 1.01. The Hall–Kier alpha value is -2.49. The first kappa shape index (κ1) is 16.0. The van der Waals surface area contributed by atoms with E-state index in [0.29, 0.717) is 0 Å². The van der Waals surface area contributed by atoms with Gasteiger partial charge in [0.2, 0.25) is 0 Å². The van der Waals surface area contributed by atoms with Crippen LogP contribution < -0.4 is 0 Å². The zero-order valence-electron chi connectivity index (χ0n) is 15.8. The lowest BCUT2D eigenvalue weighted by atomic mass is 9.91. The molecule has 0 fully saturated rings. The molecule has 25 heavy (non-hydrogen) atoms. The number of imidazole rings is 1. The Kier molecular flexibility index (Phi) is 3.21. The molecule has 3 heterocycles. The molecule has 4 aromatic rings. The highest BCUT2D eigenvalue weighted by Gasteiger charge is 2.24. The van der Waals surface area contributed by atoms with Gasteiger partial charge >= 0.3 is 0 Å². The molecule has 0 aliphatic carbocycles. The molecule has 0 unspecified atom stereocenters. The Morgan fingerprint density at radius 2 is 1.56 bits per heavy atom. The first-order valence-corrected chi connectivity index (χ1v) is 8.74. The van der Waals surface area contributed by atoms with Crippen LogP contribution in [0.1, 0.15) is 53.1 Å². The summed E-state index contributed by atoms with van der Waals surface area (Å²) in [6, 6.07) is 10.3. The maximum absolute atomic E-state index is 4.97. The summed E-state index contributed by atoms with van der Waals surface area (Å²) in [5.41, 5.74) is 4.89. The normalized spacial score (nSPS) is 13.2. The number of aromatic nitrogens is 4. The average Bonchev–Trinajstić information content (AvgIpc) is 2.91. The van der Waals surface area contributed by atoms with Gasteiger partial charge in [0, 0.05) is 21.9 Å². The van der Waals surface area contributed by atoms with Crippen LogP contribution >= 0.6 is 0 Å². The number of para-hydroxylation sites is 1. The van der Waals surface area contributed by atoms with Crippen LogP contribution in [0.3, 0.4) is 0 Å². The lowest BCUT2D eigenvalue weighted by Crippen LogP contribution is -2.19. The van der Waals surface area contributed by atoms with E-state index in [1.54, 1.807) is 0 Å². The van der Waals surface area contributed by atoms with Crippen LogP contribution in [0.15, 0.2) is 36.5 Å². The summed E-state index contributed by atoms with van der Waals surface area (Å²) in [6.45, 7) is 13.1. The van der Waals surface area contributed by atoms with Gasteiger partial charge in [0.05, 0.1) is 22.7 Å². The Labute approximate surface area is 147 Å². The zero-order valence-corrected chi connectivity index (χ0v) is 15.8. The second kappa shape index (κ2) is 5.01. The number of benzene rings is 1. The van der Waals surface area contributed by atoms with Gasteiger partial charge in [-0.1, -0.05) is 53.7 Å². The van der Waals surface area contributed by atoms with Gasteiger partial charge in [0.25, 0.3) is 0 Å². The third-order valence-electron chi connectivity index (χ3n) is 4.56. The second-order valence-corrected chi connectivity index (χ2v) is 8.78. The second-order valence-electron chi connectivity index (χ2n) is 8.78. The average molecular weight is 332 g/mol. The molecule has 0 amide bonds. The zero-order chi connectivity index (χ0) is 18.0. The van der Waals surface area contributed by atoms with Crippen LogP contribution in [0, 0.1) is 0 Å². The van der Waals surface area contributed by atoms with E-state index >= 15 is 0 Å². The SMILES string of the molecule is CC(C)(C)c1cc2nc3c4ccccc4nc(C(C)(C)C)n3c2cn1. The first-order valence-electron chi connectivity index (χ1n) is 8.74. The Morgan fingerprint density at radius 3 is 2.24 bits per heavy atom. The molecule has 0 aliphatic rings. The number of nitrogens with zero attached hydrogens (tertiary/aromatic N) is 4. The highest BCUT2D eigenvalue weighted by Crippen LogP contribution is 2.31. The first-order chi connectivity index (χ1) is 11.7. The van der Waals surface area contributed by atoms with Crippen molar-refractivity contribution >= 4 is 27.6 Å². The van der Waals surface area contributed by atoms with Crippen LogP contribution in [-0.4, -0.2) is 19.4 Å². The van der Waals surface area contributed by atoms with Crippen molar-refractivity contribution in [1.29, 1.82) is 0 Å². The molecule has 0 N–H and O–H groups in total. The van der Waals surface area contributed by atoms with Gasteiger partial charge in [-0.15, -0.1) is 0 Å². The minimum absolute atomic E-state index is 0.00281. The summed E-state index contributed by atoms with van der Waals surface area (Å²) in [7, 11) is 0. The van der Waals surface area contributed by atoms with Crippen molar-refractivity contribution in [1.82, 2.24) is 19.4 Å². The maximum atomic E-state index is 4.97. The van der Waals surface area contributed by atoms with Gasteiger partial charge in [-0.25, -0.2) is 9.97 Å². The molecule has 0 saturated heterocycles. The predicted octanol–water partition coefficient (Wildman–Crippen LogP) is 5.03. The summed E-state index contributed by atoms with van der Waals surface area (Å²) in [5, 5.41) is 1.07. The molecule has 0 atom stereocenters. The molecule has 1 aromatic carbocycles. The molecule has 0 aliphatic heterocycles. The molecular formula is C21H24N4. The van der Waals surface area contributed by atoms with Gasteiger partial charge in [-0.3, -0.25) is 9.38 Å². The number of hydrogen-bond acceptors (Lipinski definition) is 3. The smallest absolute Gasteiger partial charge is 0.148 e. The topological polar surface area (TPSA) is 43.1 Å². The summed E-state index contributed by atoms with van der Waals surface area (Å²) in [4.78, 5) is 14.7. The van der Waals surface area contributed by atoms with Crippen LogP contribution in [0.25, 0.3) is 27.6 Å². The number of pyridine rings is 1. The maximum Gasteiger partial charge on any atom is 0.148 e. The molecule has 3 aromatic heterocycles. The summed E-state index contributed by atoms with van der Waals surface area (Å²) < 4.78 is 2.18. The third kappa shape index (κ3) is 2.48. The lowest BCUT2D eigenvalue weighted by molar-refractivity contribution is 0.542. The number of rotatable bonds is 0. The standard InChI is InChI=1S/C21H24N4/c1-20(2,3)17-11-15-16(12-22-17)25-18(23-15)13-9-7-8-10-14(13)24-19(25)21(4,5)6/h7-12H,1-6H3. The van der Waals surface area contributed by atoms with E-state index in [1.807, 2.05) is 18.3 Å². The largest absolute Gasteiger partial charge is 0.278 e. The van der Waals surface area contributed by atoms with E-state index in [-0.39, 0.29) is 10.8 Å². The van der Waals surface area contributed by atoms with Crippen LogP contribution in [0.2, 0.25) is 0 Å². The minimum Gasteiger partial charge on any atom is -0.278 e. The predicted molar refractivity (Wildman–Crippen MR) is 103 cm³/mol. The van der Waals surface area contributed by atoms with Gasteiger partial charge in [-0.05, 0) is 18.2 Å². The van der Waals surface area contributed by atoms with E-state index in [1.165, 1.54) is 0 Å². The van der Waals surface area contributed by atoms with Crippen molar-refractivity contribution in [2.45, 2.75) is 52.4 Å². The number of fused-ring (bicyclic) bond motifs is 5. The fourth-order valence-electron chi connectivity index (χ4n) is 3.21. The van der Waals surface area contributed by atoms with Crippen molar-refractivity contribution < 1.29 is 0 Å². The highest BCUT2D eigenvalue weighted by atomic mass is 15.1. The van der Waals surface area contributed by atoms with E-state index < -0.39 is 0 Å². The van der Waals surface area contributed by atoms with E-state index in [2.05, 4.69) is 64.1 Å². The van der Waals surface area contributed by atoms with Gasteiger partial charge < -0.3 is 0 Å². The molecule has 0 saturated carbocycles. The molecule has 4 nitrogen and oxygen atoms in total. The quantitative estimate of drug-likeness (QED) is 0.454. The van der Waals surface area contributed by atoms with E-state index in [9.17, 15) is 0 Å². The van der Waals surface area contributed by atoms with Crippen molar-refractivity contribution in [2.24, 2.45) is 0 Å². The van der Waals surface area contributed by atoms with Crippen molar-refractivity contribution in [3.63, 3.8) is 0 Å². The molecular weight excluding hydrogens is 308 g/mol. The number of hydrogen-bond donors (Lipinski definition) is 0. The summed E-state index contributed by atoms with van der Waals surface area (Å²) >= 11 is 0. The monoisotopic (exact) mass is 332 g/mol. The molecule has 128 valence electrons. The van der Waals surface area contributed by atoms with Gasteiger partial charge in [0.1, 0.15) is 11.5 Å². The van der Waals surface area contributed by atoms with Gasteiger partial charge in [-0.2, -0.15) is 0 Å². The molecule has 0 bridgehead atoms. The minimum atomic E-state index is -0.0986. The lowest BCUT2D eigenvalue weighted by Gasteiger charge is -2.21. The van der Waals surface area contributed by atoms with Crippen molar-refractivity contribution in [3.05, 3.63) is 48.0 Å². The van der Waals surface area contributed by atoms with Crippen LogP contribution in [0.4, 0.5) is 0 Å². The highest BCUT2D eigenvalue weighted by molar-refractivity contribution is 5.96. The summed E-state index contributed by atoms with van der Waals surface area (Å²) in [6.07, 6.45) is 1.95. The van der Waals surface area contributed by atoms with Crippen LogP contribution in [-0.2, 0) is 10.8 Å². The third-order valence-corrected chi connectivity index (χ3v) is 4.56. The van der Waals surface area contributed by atoms with Crippen molar-refractivity contribution in [3.8, 4) is 0 Å². The fraction of sp³-hybridized carbons (Fsp3) is 0.381.